The van der Waals surface area contributed by atoms with Gasteiger partial charge in [-0.2, -0.15) is 0 Å². The Morgan fingerprint density at radius 1 is 1.33 bits per heavy atom. The number of rotatable bonds is 6. The summed E-state index contributed by atoms with van der Waals surface area (Å²) < 4.78 is 16.1. The molecular weight excluding hydrogens is 310 g/mol. The van der Waals surface area contributed by atoms with Crippen LogP contribution in [-0.4, -0.2) is 31.0 Å². The largest absolute Gasteiger partial charge is 0.492 e. The summed E-state index contributed by atoms with van der Waals surface area (Å²) in [4.78, 5) is 15.9. The number of amides is 2. The van der Waals surface area contributed by atoms with Crippen molar-refractivity contribution in [2.45, 2.75) is 13.0 Å². The molecule has 3 rings (SSSR count). The third kappa shape index (κ3) is 4.07. The summed E-state index contributed by atoms with van der Waals surface area (Å²) in [5, 5.41) is 5.60. The number of pyridine rings is 1. The summed E-state index contributed by atoms with van der Waals surface area (Å²) in [5.74, 6) is 2.05. The van der Waals surface area contributed by atoms with Crippen LogP contribution in [0, 0.1) is 0 Å². The van der Waals surface area contributed by atoms with Crippen LogP contribution in [0.25, 0.3) is 0 Å². The van der Waals surface area contributed by atoms with Gasteiger partial charge in [-0.25, -0.2) is 4.79 Å². The number of urea groups is 1. The maximum Gasteiger partial charge on any atom is 0.315 e. The van der Waals surface area contributed by atoms with Crippen LogP contribution in [0.4, 0.5) is 4.79 Å². The van der Waals surface area contributed by atoms with E-state index in [1.807, 2.05) is 19.1 Å². The highest BCUT2D eigenvalue weighted by Gasteiger charge is 2.13. The van der Waals surface area contributed by atoms with Crippen molar-refractivity contribution in [1.29, 1.82) is 0 Å². The molecule has 7 heteroatoms. The van der Waals surface area contributed by atoms with E-state index in [2.05, 4.69) is 15.6 Å². The lowest BCUT2D eigenvalue weighted by Crippen LogP contribution is -2.39. The van der Waals surface area contributed by atoms with Crippen molar-refractivity contribution in [1.82, 2.24) is 15.6 Å². The molecule has 0 spiro atoms. The van der Waals surface area contributed by atoms with Gasteiger partial charge in [-0.15, -0.1) is 0 Å². The minimum Gasteiger partial charge on any atom is -0.492 e. The standard InChI is InChI=1S/C17H19N3O4/c1-12(13-3-2-6-18-10-13)20-17(21)19-7-8-22-14-4-5-15-16(9-14)24-11-23-15/h2-6,9-10,12H,7-8,11H2,1H3,(H2,19,20,21). The van der Waals surface area contributed by atoms with Gasteiger partial charge in [0.1, 0.15) is 12.4 Å². The summed E-state index contributed by atoms with van der Waals surface area (Å²) in [5.41, 5.74) is 0.948. The molecule has 1 aromatic heterocycles. The first kappa shape index (κ1) is 15.9. The molecule has 0 saturated carbocycles. The topological polar surface area (TPSA) is 81.7 Å². The van der Waals surface area contributed by atoms with Gasteiger partial charge in [0.05, 0.1) is 12.6 Å². The molecule has 2 heterocycles. The van der Waals surface area contributed by atoms with Crippen LogP contribution in [0.5, 0.6) is 17.2 Å². The fourth-order valence-electron chi connectivity index (χ4n) is 2.26. The monoisotopic (exact) mass is 329 g/mol. The Morgan fingerprint density at radius 2 is 2.21 bits per heavy atom. The lowest BCUT2D eigenvalue weighted by Gasteiger charge is -2.14. The summed E-state index contributed by atoms with van der Waals surface area (Å²) in [6.45, 7) is 2.88. The lowest BCUT2D eigenvalue weighted by molar-refractivity contribution is 0.173. The van der Waals surface area contributed by atoms with E-state index in [9.17, 15) is 4.79 Å². The molecule has 7 nitrogen and oxygen atoms in total. The van der Waals surface area contributed by atoms with Crippen molar-refractivity contribution >= 4 is 6.03 Å². The van der Waals surface area contributed by atoms with Gasteiger partial charge < -0.3 is 24.8 Å². The van der Waals surface area contributed by atoms with Crippen LogP contribution in [0.3, 0.4) is 0 Å². The lowest BCUT2D eigenvalue weighted by atomic mass is 10.1. The SMILES string of the molecule is CC(NC(=O)NCCOc1ccc2c(c1)OCO2)c1cccnc1. The van der Waals surface area contributed by atoms with E-state index in [4.69, 9.17) is 14.2 Å². The number of fused-ring (bicyclic) bond motifs is 1. The van der Waals surface area contributed by atoms with E-state index < -0.39 is 0 Å². The van der Waals surface area contributed by atoms with Gasteiger partial charge in [0.25, 0.3) is 0 Å². The van der Waals surface area contributed by atoms with Gasteiger partial charge in [0.15, 0.2) is 11.5 Å². The average molecular weight is 329 g/mol. The maximum absolute atomic E-state index is 11.9. The van der Waals surface area contributed by atoms with Crippen LogP contribution in [-0.2, 0) is 0 Å². The first-order chi connectivity index (χ1) is 11.7. The van der Waals surface area contributed by atoms with Crippen molar-refractivity contribution in [3.8, 4) is 17.2 Å². The molecule has 1 unspecified atom stereocenters. The number of nitrogens with zero attached hydrogens (tertiary/aromatic N) is 1. The van der Waals surface area contributed by atoms with Gasteiger partial charge in [-0.1, -0.05) is 6.07 Å². The molecule has 1 aromatic carbocycles. The molecule has 2 amide bonds. The van der Waals surface area contributed by atoms with Crippen molar-refractivity contribution in [3.05, 3.63) is 48.3 Å². The van der Waals surface area contributed by atoms with Crippen LogP contribution in [0.1, 0.15) is 18.5 Å². The number of hydrogen-bond donors (Lipinski definition) is 2. The molecule has 1 aliphatic heterocycles. The normalized spacial score (nSPS) is 13.2. The molecule has 126 valence electrons. The van der Waals surface area contributed by atoms with E-state index in [-0.39, 0.29) is 18.9 Å². The molecule has 1 atom stereocenters. The van der Waals surface area contributed by atoms with Crippen LogP contribution in [0.2, 0.25) is 0 Å². The van der Waals surface area contributed by atoms with Gasteiger partial charge in [0.2, 0.25) is 6.79 Å². The number of carbonyl (C=O) groups is 1. The zero-order valence-electron chi connectivity index (χ0n) is 13.3. The number of nitrogens with one attached hydrogen (secondary N) is 2. The summed E-state index contributed by atoms with van der Waals surface area (Å²) in [6.07, 6.45) is 3.43. The second-order valence-corrected chi connectivity index (χ2v) is 5.27. The van der Waals surface area contributed by atoms with Gasteiger partial charge in [0, 0.05) is 18.5 Å². The van der Waals surface area contributed by atoms with E-state index in [1.54, 1.807) is 30.6 Å². The van der Waals surface area contributed by atoms with Crippen LogP contribution < -0.4 is 24.8 Å². The quantitative estimate of drug-likeness (QED) is 0.795. The second kappa shape index (κ2) is 7.54. The van der Waals surface area contributed by atoms with Crippen molar-refractivity contribution < 1.29 is 19.0 Å². The fraction of sp³-hybridized carbons (Fsp3) is 0.294. The molecule has 0 radical (unpaired) electrons. The zero-order chi connectivity index (χ0) is 16.8. The van der Waals surface area contributed by atoms with E-state index >= 15 is 0 Å². The van der Waals surface area contributed by atoms with E-state index in [1.165, 1.54) is 0 Å². The predicted octanol–water partition coefficient (Wildman–Crippen LogP) is 2.25. The highest BCUT2D eigenvalue weighted by atomic mass is 16.7. The Bertz CT molecular complexity index is 693. The van der Waals surface area contributed by atoms with Crippen molar-refractivity contribution in [2.24, 2.45) is 0 Å². The van der Waals surface area contributed by atoms with Gasteiger partial charge in [-0.3, -0.25) is 4.98 Å². The molecule has 1 aliphatic rings. The van der Waals surface area contributed by atoms with Crippen LogP contribution in [0.15, 0.2) is 42.7 Å². The molecule has 0 saturated heterocycles. The molecule has 2 N–H and O–H groups in total. The highest BCUT2D eigenvalue weighted by molar-refractivity contribution is 5.74. The average Bonchev–Trinajstić information content (AvgIpc) is 3.07. The Labute approximate surface area is 139 Å². The highest BCUT2D eigenvalue weighted by Crippen LogP contribution is 2.34. The minimum atomic E-state index is -0.249. The minimum absolute atomic E-state index is 0.117. The van der Waals surface area contributed by atoms with Crippen molar-refractivity contribution in [2.75, 3.05) is 19.9 Å². The fourth-order valence-corrected chi connectivity index (χ4v) is 2.26. The Kier molecular flexibility index (Phi) is 5.00. The molecule has 0 fully saturated rings. The molecule has 24 heavy (non-hydrogen) atoms. The van der Waals surface area contributed by atoms with E-state index in [0.717, 1.165) is 5.56 Å². The van der Waals surface area contributed by atoms with Gasteiger partial charge >= 0.3 is 6.03 Å². The van der Waals surface area contributed by atoms with Crippen LogP contribution >= 0.6 is 0 Å². The zero-order valence-corrected chi connectivity index (χ0v) is 13.3. The summed E-state index contributed by atoms with van der Waals surface area (Å²) >= 11 is 0. The number of aromatic nitrogens is 1. The van der Waals surface area contributed by atoms with E-state index in [0.29, 0.717) is 30.4 Å². The van der Waals surface area contributed by atoms with Crippen molar-refractivity contribution in [3.63, 3.8) is 0 Å². The number of carbonyl (C=O) groups excluding carboxylic acids is 1. The summed E-state index contributed by atoms with van der Waals surface area (Å²) in [6, 6.07) is 8.76. The third-order valence-electron chi connectivity index (χ3n) is 3.53. The Morgan fingerprint density at radius 3 is 3.04 bits per heavy atom. The number of hydrogen-bond acceptors (Lipinski definition) is 5. The third-order valence-corrected chi connectivity index (χ3v) is 3.53. The second-order valence-electron chi connectivity index (χ2n) is 5.27. The molecule has 0 bridgehead atoms. The number of benzene rings is 1. The maximum atomic E-state index is 11.9. The molecular formula is C17H19N3O4. The Balaban J connectivity index is 1.38. The number of ether oxygens (including phenoxy) is 3. The first-order valence-corrected chi connectivity index (χ1v) is 7.69. The summed E-state index contributed by atoms with van der Waals surface area (Å²) in [7, 11) is 0. The molecule has 2 aromatic rings. The van der Waals surface area contributed by atoms with Gasteiger partial charge in [-0.05, 0) is 30.7 Å². The first-order valence-electron chi connectivity index (χ1n) is 7.69. The smallest absolute Gasteiger partial charge is 0.315 e. The molecule has 0 aliphatic carbocycles. The predicted molar refractivity (Wildman–Crippen MR) is 87.2 cm³/mol. The Hall–Kier alpha value is -2.96.